The van der Waals surface area contributed by atoms with E-state index in [4.69, 9.17) is 14.2 Å². The molecule has 1 atom stereocenters. The number of nitrogens with zero attached hydrogens (tertiary/aromatic N) is 2. The van der Waals surface area contributed by atoms with Crippen LogP contribution in [0.5, 0.6) is 5.75 Å². The smallest absolute Gasteiger partial charge is 0.360 e. The van der Waals surface area contributed by atoms with E-state index < -0.39 is 5.97 Å². The number of esters is 1. The Morgan fingerprint density at radius 2 is 1.90 bits per heavy atom. The topological polar surface area (TPSA) is 82.6 Å². The minimum Gasteiger partial charge on any atom is -0.492 e. The summed E-state index contributed by atoms with van der Waals surface area (Å²) in [5.41, 5.74) is 2.14. The van der Waals surface area contributed by atoms with Crippen LogP contribution in [-0.4, -0.2) is 41.9 Å². The zero-order valence-electron chi connectivity index (χ0n) is 16.3. The van der Waals surface area contributed by atoms with Crippen molar-refractivity contribution in [1.29, 1.82) is 0 Å². The Hall–Kier alpha value is -3.19. The predicted octanol–water partition coefficient (Wildman–Crippen LogP) is 4.11. The highest BCUT2D eigenvalue weighted by Crippen LogP contribution is 2.29. The summed E-state index contributed by atoms with van der Waals surface area (Å²) in [5, 5.41) is 3.20. The summed E-state index contributed by atoms with van der Waals surface area (Å²) in [4.78, 5) is 21.9. The second kappa shape index (κ2) is 8.87. The number of carbonyl (C=O) groups excluding carboxylic acids is 1. The van der Waals surface area contributed by atoms with E-state index in [1.807, 2.05) is 55.5 Å². The molecule has 1 aromatic heterocycles. The van der Waals surface area contributed by atoms with Crippen molar-refractivity contribution in [2.75, 3.05) is 25.1 Å². The normalized spacial score (nSPS) is 16.0. The summed E-state index contributed by atoms with van der Waals surface area (Å²) in [6, 6.07) is 14.9. The maximum Gasteiger partial charge on any atom is 0.360 e. The molecule has 1 N–H and O–H groups in total. The van der Waals surface area contributed by atoms with Crippen molar-refractivity contribution in [3.05, 3.63) is 54.2 Å². The number of anilines is 2. The molecule has 1 unspecified atom stereocenters. The SMILES string of the molecule is CCOc1ccccc1Nc1nc2ccccc2nc1C(=O)OCC1CCCO1. The van der Waals surface area contributed by atoms with Gasteiger partial charge in [0.2, 0.25) is 0 Å². The first-order valence-corrected chi connectivity index (χ1v) is 9.79. The van der Waals surface area contributed by atoms with Crippen LogP contribution in [0, 0.1) is 0 Å². The Morgan fingerprint density at radius 3 is 2.66 bits per heavy atom. The van der Waals surface area contributed by atoms with Crippen LogP contribution in [0.15, 0.2) is 48.5 Å². The van der Waals surface area contributed by atoms with Gasteiger partial charge in [0.15, 0.2) is 11.5 Å². The molecule has 7 nitrogen and oxygen atoms in total. The predicted molar refractivity (Wildman–Crippen MR) is 110 cm³/mol. The maximum absolute atomic E-state index is 12.8. The van der Waals surface area contributed by atoms with Gasteiger partial charge in [-0.1, -0.05) is 24.3 Å². The minimum absolute atomic E-state index is 0.0533. The molecular weight excluding hydrogens is 370 g/mol. The standard InChI is InChI=1S/C22H23N3O4/c1-2-27-19-12-6-5-11-18(19)25-21-20(22(26)29-14-15-8-7-13-28-15)23-16-9-3-4-10-17(16)24-21/h3-6,9-12,15H,2,7-8,13-14H2,1H3,(H,24,25). The summed E-state index contributed by atoms with van der Waals surface area (Å²) in [6.45, 7) is 3.36. The lowest BCUT2D eigenvalue weighted by atomic mass is 10.2. The van der Waals surface area contributed by atoms with Gasteiger partial charge in [0, 0.05) is 6.61 Å². The first-order chi connectivity index (χ1) is 14.2. The molecule has 0 saturated carbocycles. The van der Waals surface area contributed by atoms with Crippen molar-refractivity contribution in [2.24, 2.45) is 0 Å². The number of rotatable bonds is 7. The van der Waals surface area contributed by atoms with Crippen LogP contribution in [-0.2, 0) is 9.47 Å². The highest BCUT2D eigenvalue weighted by Gasteiger charge is 2.22. The van der Waals surface area contributed by atoms with E-state index in [1.165, 1.54) is 0 Å². The van der Waals surface area contributed by atoms with Gasteiger partial charge in [-0.3, -0.25) is 0 Å². The average Bonchev–Trinajstić information content (AvgIpc) is 3.27. The lowest BCUT2D eigenvalue weighted by Crippen LogP contribution is -2.20. The van der Waals surface area contributed by atoms with Gasteiger partial charge >= 0.3 is 5.97 Å². The monoisotopic (exact) mass is 393 g/mol. The fourth-order valence-corrected chi connectivity index (χ4v) is 3.22. The van der Waals surface area contributed by atoms with Crippen LogP contribution < -0.4 is 10.1 Å². The molecule has 29 heavy (non-hydrogen) atoms. The van der Waals surface area contributed by atoms with E-state index in [2.05, 4.69) is 15.3 Å². The summed E-state index contributed by atoms with van der Waals surface area (Å²) in [6.07, 6.45) is 1.82. The minimum atomic E-state index is -0.532. The largest absolute Gasteiger partial charge is 0.492 e. The van der Waals surface area contributed by atoms with Crippen LogP contribution in [0.1, 0.15) is 30.3 Å². The molecule has 0 radical (unpaired) electrons. The molecular formula is C22H23N3O4. The van der Waals surface area contributed by atoms with E-state index >= 15 is 0 Å². The van der Waals surface area contributed by atoms with Gasteiger partial charge in [-0.2, -0.15) is 0 Å². The van der Waals surface area contributed by atoms with Crippen LogP contribution in [0.4, 0.5) is 11.5 Å². The summed E-state index contributed by atoms with van der Waals surface area (Å²) in [5.74, 6) is 0.465. The van der Waals surface area contributed by atoms with Gasteiger partial charge in [0.05, 0.1) is 29.4 Å². The number of carbonyl (C=O) groups is 1. The van der Waals surface area contributed by atoms with Gasteiger partial charge in [-0.15, -0.1) is 0 Å². The van der Waals surface area contributed by atoms with Crippen molar-refractivity contribution in [2.45, 2.75) is 25.9 Å². The van der Waals surface area contributed by atoms with Crippen molar-refractivity contribution < 1.29 is 19.0 Å². The quantitative estimate of drug-likeness (QED) is 0.605. The number of hydrogen-bond acceptors (Lipinski definition) is 7. The lowest BCUT2D eigenvalue weighted by Gasteiger charge is -2.15. The molecule has 0 aliphatic carbocycles. The fraction of sp³-hybridized carbons (Fsp3) is 0.318. The number of para-hydroxylation sites is 4. The second-order valence-electron chi connectivity index (χ2n) is 6.70. The highest BCUT2D eigenvalue weighted by atomic mass is 16.6. The number of fused-ring (bicyclic) bond motifs is 1. The van der Waals surface area contributed by atoms with Gasteiger partial charge < -0.3 is 19.5 Å². The Kier molecular flexibility index (Phi) is 5.86. The first kappa shape index (κ1) is 19.1. The molecule has 1 saturated heterocycles. The number of nitrogens with one attached hydrogen (secondary N) is 1. The van der Waals surface area contributed by atoms with Gasteiger partial charge in [-0.25, -0.2) is 14.8 Å². The molecule has 2 aromatic carbocycles. The van der Waals surface area contributed by atoms with E-state index in [0.29, 0.717) is 41.5 Å². The molecule has 1 fully saturated rings. The number of hydrogen-bond donors (Lipinski definition) is 1. The molecule has 0 amide bonds. The Labute approximate surface area is 169 Å². The highest BCUT2D eigenvalue weighted by molar-refractivity contribution is 5.96. The number of aromatic nitrogens is 2. The van der Waals surface area contributed by atoms with Crippen LogP contribution >= 0.6 is 0 Å². The Morgan fingerprint density at radius 1 is 1.14 bits per heavy atom. The van der Waals surface area contributed by atoms with E-state index in [1.54, 1.807) is 0 Å². The van der Waals surface area contributed by atoms with Crippen molar-refractivity contribution in [1.82, 2.24) is 9.97 Å². The Balaban J connectivity index is 1.65. The number of ether oxygens (including phenoxy) is 3. The molecule has 0 bridgehead atoms. The molecule has 1 aliphatic rings. The van der Waals surface area contributed by atoms with Crippen molar-refractivity contribution in [3.63, 3.8) is 0 Å². The van der Waals surface area contributed by atoms with Gasteiger partial charge in [0.25, 0.3) is 0 Å². The molecule has 150 valence electrons. The lowest BCUT2D eigenvalue weighted by molar-refractivity contribution is 0.0157. The van der Waals surface area contributed by atoms with E-state index in [9.17, 15) is 4.79 Å². The van der Waals surface area contributed by atoms with Gasteiger partial charge in [0.1, 0.15) is 12.4 Å². The molecule has 7 heteroatoms. The summed E-state index contributed by atoms with van der Waals surface area (Å²) in [7, 11) is 0. The van der Waals surface area contributed by atoms with E-state index in [-0.39, 0.29) is 18.4 Å². The summed E-state index contributed by atoms with van der Waals surface area (Å²) < 4.78 is 16.7. The zero-order chi connectivity index (χ0) is 20.1. The van der Waals surface area contributed by atoms with E-state index in [0.717, 1.165) is 12.8 Å². The van der Waals surface area contributed by atoms with Crippen LogP contribution in [0.2, 0.25) is 0 Å². The zero-order valence-corrected chi connectivity index (χ0v) is 16.3. The molecule has 0 spiro atoms. The molecule has 4 rings (SSSR count). The Bertz CT molecular complexity index is 1000. The third kappa shape index (κ3) is 4.46. The fourth-order valence-electron chi connectivity index (χ4n) is 3.22. The van der Waals surface area contributed by atoms with Crippen molar-refractivity contribution >= 4 is 28.5 Å². The van der Waals surface area contributed by atoms with Crippen molar-refractivity contribution in [3.8, 4) is 5.75 Å². The molecule has 1 aliphatic heterocycles. The number of benzene rings is 2. The average molecular weight is 393 g/mol. The third-order valence-electron chi connectivity index (χ3n) is 4.63. The molecule has 2 heterocycles. The first-order valence-electron chi connectivity index (χ1n) is 9.79. The molecule has 3 aromatic rings. The third-order valence-corrected chi connectivity index (χ3v) is 4.63. The second-order valence-corrected chi connectivity index (χ2v) is 6.70. The van der Waals surface area contributed by atoms with Crippen LogP contribution in [0.25, 0.3) is 11.0 Å². The van der Waals surface area contributed by atoms with Gasteiger partial charge in [-0.05, 0) is 44.0 Å². The maximum atomic E-state index is 12.8. The summed E-state index contributed by atoms with van der Waals surface area (Å²) >= 11 is 0. The van der Waals surface area contributed by atoms with Crippen LogP contribution in [0.3, 0.4) is 0 Å².